The van der Waals surface area contributed by atoms with Crippen molar-refractivity contribution < 1.29 is 0 Å². The maximum atomic E-state index is 4.63. The van der Waals surface area contributed by atoms with Gasteiger partial charge in [0.2, 0.25) is 0 Å². The summed E-state index contributed by atoms with van der Waals surface area (Å²) in [4.78, 5) is 11.5. The van der Waals surface area contributed by atoms with E-state index in [1.54, 1.807) is 0 Å². The lowest BCUT2D eigenvalue weighted by molar-refractivity contribution is 0.621. The van der Waals surface area contributed by atoms with Gasteiger partial charge in [0.1, 0.15) is 5.82 Å². The van der Waals surface area contributed by atoms with E-state index < -0.39 is 0 Å². The molecular formula is C25H27N3. The molecule has 2 aliphatic carbocycles. The van der Waals surface area contributed by atoms with Crippen molar-refractivity contribution in [2.24, 2.45) is 5.92 Å². The van der Waals surface area contributed by atoms with Crippen LogP contribution in [-0.4, -0.2) is 9.97 Å². The molecule has 2 heterocycles. The summed E-state index contributed by atoms with van der Waals surface area (Å²) in [7, 11) is 0. The Morgan fingerprint density at radius 1 is 0.893 bits per heavy atom. The molecule has 2 aromatic heterocycles. The summed E-state index contributed by atoms with van der Waals surface area (Å²) in [5.74, 6) is 1.52. The Morgan fingerprint density at radius 3 is 2.36 bits per heavy atom. The van der Waals surface area contributed by atoms with Gasteiger partial charge in [-0.2, -0.15) is 0 Å². The van der Waals surface area contributed by atoms with Gasteiger partial charge in [-0.15, -0.1) is 0 Å². The minimum absolute atomic E-state index is 0.507. The fourth-order valence-corrected chi connectivity index (χ4v) is 3.94. The van der Waals surface area contributed by atoms with E-state index in [9.17, 15) is 0 Å². The normalized spacial score (nSPS) is 17.4. The van der Waals surface area contributed by atoms with E-state index in [-0.39, 0.29) is 0 Å². The van der Waals surface area contributed by atoms with Crippen LogP contribution in [0.5, 0.6) is 0 Å². The fourth-order valence-electron chi connectivity index (χ4n) is 3.94. The first kappa shape index (κ1) is 18.4. The molecule has 1 atom stereocenters. The van der Waals surface area contributed by atoms with Crippen LogP contribution in [0.3, 0.4) is 0 Å². The maximum Gasteiger partial charge on any atom is 0.136 e. The third-order valence-electron chi connectivity index (χ3n) is 5.48. The molecule has 0 aliphatic heterocycles. The quantitative estimate of drug-likeness (QED) is 0.625. The van der Waals surface area contributed by atoms with E-state index >= 15 is 0 Å². The average molecular weight is 370 g/mol. The molecule has 28 heavy (non-hydrogen) atoms. The first-order valence-electron chi connectivity index (χ1n) is 10.2. The Bertz CT molecular complexity index is 907. The predicted octanol–water partition coefficient (Wildman–Crippen LogP) is 6.00. The highest BCUT2D eigenvalue weighted by atomic mass is 15.2. The third kappa shape index (κ3) is 4.30. The highest BCUT2D eigenvalue weighted by molar-refractivity contribution is 5.55. The van der Waals surface area contributed by atoms with Gasteiger partial charge >= 0.3 is 0 Å². The topological polar surface area (TPSA) is 29.0 Å². The van der Waals surface area contributed by atoms with E-state index in [1.165, 1.54) is 22.7 Å². The van der Waals surface area contributed by atoms with Crippen molar-refractivity contribution in [2.75, 3.05) is 4.90 Å². The minimum Gasteiger partial charge on any atom is -0.303 e. The fraction of sp³-hybridized carbons (Fsp3) is 0.280. The number of anilines is 1. The van der Waals surface area contributed by atoms with Gasteiger partial charge < -0.3 is 4.90 Å². The van der Waals surface area contributed by atoms with Crippen molar-refractivity contribution in [1.82, 2.24) is 9.97 Å². The summed E-state index contributed by atoms with van der Waals surface area (Å²) in [5.41, 5.74) is 5.33. The summed E-state index contributed by atoms with van der Waals surface area (Å²) >= 11 is 0. The molecule has 0 fully saturated rings. The summed E-state index contributed by atoms with van der Waals surface area (Å²) in [6, 6.07) is 12.3. The number of aromatic nitrogens is 2. The van der Waals surface area contributed by atoms with Crippen molar-refractivity contribution >= 4 is 5.82 Å². The zero-order valence-corrected chi connectivity index (χ0v) is 16.5. The van der Waals surface area contributed by atoms with E-state index in [0.717, 1.165) is 37.9 Å². The SMILES string of the molecule is CC(Cc1ccccn1)C1=CC=C(N(C2=CC=CCC2)c2ccccn2)CC1. The summed E-state index contributed by atoms with van der Waals surface area (Å²) in [6.07, 6.45) is 20.2. The predicted molar refractivity (Wildman–Crippen MR) is 116 cm³/mol. The van der Waals surface area contributed by atoms with Gasteiger partial charge in [-0.05, 0) is 74.4 Å². The summed E-state index contributed by atoms with van der Waals surface area (Å²) in [6.45, 7) is 2.31. The highest BCUT2D eigenvalue weighted by Gasteiger charge is 2.21. The molecule has 2 aromatic rings. The molecule has 142 valence electrons. The van der Waals surface area contributed by atoms with Crippen LogP contribution >= 0.6 is 0 Å². The Morgan fingerprint density at radius 2 is 1.71 bits per heavy atom. The molecular weight excluding hydrogens is 342 g/mol. The molecule has 0 N–H and O–H groups in total. The lowest BCUT2D eigenvalue weighted by Crippen LogP contribution is -2.25. The minimum atomic E-state index is 0.507. The van der Waals surface area contributed by atoms with E-state index in [1.807, 2.05) is 24.5 Å². The lowest BCUT2D eigenvalue weighted by Gasteiger charge is -2.32. The van der Waals surface area contributed by atoms with Gasteiger partial charge in [0.25, 0.3) is 0 Å². The second-order valence-corrected chi connectivity index (χ2v) is 7.47. The van der Waals surface area contributed by atoms with Crippen LogP contribution in [0.4, 0.5) is 5.82 Å². The van der Waals surface area contributed by atoms with Crippen LogP contribution in [0, 0.1) is 5.92 Å². The number of hydrogen-bond acceptors (Lipinski definition) is 3. The zero-order valence-electron chi connectivity index (χ0n) is 16.5. The molecule has 0 spiro atoms. The van der Waals surface area contributed by atoms with Crippen molar-refractivity contribution in [2.45, 2.75) is 39.0 Å². The van der Waals surface area contributed by atoms with E-state index in [4.69, 9.17) is 0 Å². The second-order valence-electron chi connectivity index (χ2n) is 7.47. The molecule has 1 unspecified atom stereocenters. The van der Waals surface area contributed by atoms with Gasteiger partial charge in [0.15, 0.2) is 0 Å². The molecule has 0 saturated carbocycles. The van der Waals surface area contributed by atoms with E-state index in [2.05, 4.69) is 76.4 Å². The van der Waals surface area contributed by atoms with Crippen LogP contribution in [0.25, 0.3) is 0 Å². The van der Waals surface area contributed by atoms with Crippen LogP contribution in [0.1, 0.15) is 38.3 Å². The van der Waals surface area contributed by atoms with Crippen LogP contribution in [0.15, 0.2) is 96.1 Å². The van der Waals surface area contributed by atoms with Gasteiger partial charge in [-0.3, -0.25) is 4.98 Å². The summed E-state index contributed by atoms with van der Waals surface area (Å²) in [5, 5.41) is 0. The summed E-state index contributed by atoms with van der Waals surface area (Å²) < 4.78 is 0. The standard InChI is InChI=1S/C25H27N3/c1-20(19-22-9-5-7-17-26-22)21-13-15-24(16-14-21)28(23-10-3-2-4-11-23)25-12-6-8-18-27-25/h2-3,5-10,12-13,15,17-18,20H,4,11,14,16,19H2,1H3. The Labute approximate surface area is 167 Å². The maximum absolute atomic E-state index is 4.63. The molecule has 4 rings (SSSR count). The van der Waals surface area contributed by atoms with Crippen molar-refractivity contribution in [3.63, 3.8) is 0 Å². The van der Waals surface area contributed by atoms with Crippen molar-refractivity contribution in [3.8, 4) is 0 Å². The molecule has 0 radical (unpaired) electrons. The highest BCUT2D eigenvalue weighted by Crippen LogP contribution is 2.33. The first-order chi connectivity index (χ1) is 13.8. The first-order valence-corrected chi connectivity index (χ1v) is 10.2. The zero-order chi connectivity index (χ0) is 19.2. The largest absolute Gasteiger partial charge is 0.303 e. The Kier molecular flexibility index (Phi) is 5.81. The Balaban J connectivity index is 1.56. The van der Waals surface area contributed by atoms with Crippen LogP contribution in [-0.2, 0) is 6.42 Å². The van der Waals surface area contributed by atoms with Gasteiger partial charge in [0, 0.05) is 29.5 Å². The van der Waals surface area contributed by atoms with Crippen LogP contribution in [0.2, 0.25) is 0 Å². The number of hydrogen-bond donors (Lipinski definition) is 0. The average Bonchev–Trinajstić information content (AvgIpc) is 2.77. The molecule has 0 amide bonds. The van der Waals surface area contributed by atoms with Gasteiger partial charge in [0.05, 0.1) is 0 Å². The van der Waals surface area contributed by atoms with E-state index in [0.29, 0.717) is 5.92 Å². The number of allylic oxidation sites excluding steroid dienone is 8. The monoisotopic (exact) mass is 369 g/mol. The van der Waals surface area contributed by atoms with Crippen molar-refractivity contribution in [1.29, 1.82) is 0 Å². The van der Waals surface area contributed by atoms with Crippen LogP contribution < -0.4 is 4.90 Å². The molecule has 0 aromatic carbocycles. The van der Waals surface area contributed by atoms with Gasteiger partial charge in [-0.25, -0.2) is 4.98 Å². The lowest BCUT2D eigenvalue weighted by atomic mass is 9.88. The third-order valence-corrected chi connectivity index (χ3v) is 5.48. The molecule has 3 heteroatoms. The number of nitrogens with zero attached hydrogens (tertiary/aromatic N) is 3. The molecule has 0 saturated heterocycles. The van der Waals surface area contributed by atoms with Gasteiger partial charge in [-0.1, -0.05) is 42.9 Å². The smallest absolute Gasteiger partial charge is 0.136 e. The number of pyridine rings is 2. The second kappa shape index (κ2) is 8.83. The Hall–Kier alpha value is -2.94. The van der Waals surface area contributed by atoms with Crippen molar-refractivity contribution in [3.05, 3.63) is 102 Å². The molecule has 2 aliphatic rings. The molecule has 3 nitrogen and oxygen atoms in total. The molecule has 0 bridgehead atoms. The number of rotatable bonds is 6.